The quantitative estimate of drug-likeness (QED) is 0.440. The first kappa shape index (κ1) is 20.9. The molecule has 1 aliphatic heterocycles. The molecule has 4 aromatic rings. The van der Waals surface area contributed by atoms with Gasteiger partial charge in [0.05, 0.1) is 17.1 Å². The minimum atomic E-state index is -0.157. The molecule has 0 saturated heterocycles. The third-order valence-corrected chi connectivity index (χ3v) is 6.35. The van der Waals surface area contributed by atoms with E-state index in [1.807, 2.05) is 53.4 Å². The molecule has 7 heteroatoms. The summed E-state index contributed by atoms with van der Waals surface area (Å²) < 4.78 is 7.33. The van der Waals surface area contributed by atoms with Crippen LogP contribution in [0.5, 0.6) is 5.75 Å². The number of thiazole rings is 1. The summed E-state index contributed by atoms with van der Waals surface area (Å²) in [6.45, 7) is 2.03. The number of nitrogens with zero attached hydrogens (tertiary/aromatic N) is 3. The van der Waals surface area contributed by atoms with Crippen molar-refractivity contribution in [2.45, 2.75) is 6.92 Å². The lowest BCUT2D eigenvalue weighted by Gasteiger charge is -2.18. The summed E-state index contributed by atoms with van der Waals surface area (Å²) in [5.41, 5.74) is 6.73. The fourth-order valence-corrected chi connectivity index (χ4v) is 4.53. The van der Waals surface area contributed by atoms with E-state index in [1.165, 1.54) is 22.5 Å². The SMILES string of the molecule is CN=c1scc(-c2ccc3c(c2)NC(=O)CO3)n1N=C(C)c1ccc(-c2ccccc2)cc1. The van der Waals surface area contributed by atoms with Crippen molar-refractivity contribution in [3.05, 3.63) is 88.5 Å². The molecule has 5 rings (SSSR count). The lowest BCUT2D eigenvalue weighted by molar-refractivity contribution is -0.118. The Morgan fingerprint density at radius 2 is 1.73 bits per heavy atom. The van der Waals surface area contributed by atoms with Crippen LogP contribution >= 0.6 is 11.3 Å². The predicted octanol–water partition coefficient (Wildman–Crippen LogP) is 5.02. The number of carbonyl (C=O) groups excluding carboxylic acids is 1. The maximum Gasteiger partial charge on any atom is 0.262 e. The highest BCUT2D eigenvalue weighted by atomic mass is 32.1. The van der Waals surface area contributed by atoms with Crippen LogP contribution in [0.1, 0.15) is 12.5 Å². The van der Waals surface area contributed by atoms with Crippen LogP contribution in [-0.4, -0.2) is 29.9 Å². The molecule has 0 bridgehead atoms. The number of aromatic nitrogens is 1. The van der Waals surface area contributed by atoms with Gasteiger partial charge in [0.1, 0.15) is 5.75 Å². The number of hydrogen-bond donors (Lipinski definition) is 1. The lowest BCUT2D eigenvalue weighted by Crippen LogP contribution is -2.25. The first-order chi connectivity index (χ1) is 16.1. The van der Waals surface area contributed by atoms with Gasteiger partial charge in [-0.15, -0.1) is 11.3 Å². The molecule has 2 heterocycles. The maximum absolute atomic E-state index is 11.7. The van der Waals surface area contributed by atoms with Gasteiger partial charge < -0.3 is 10.1 Å². The van der Waals surface area contributed by atoms with Crippen molar-refractivity contribution in [2.24, 2.45) is 10.1 Å². The summed E-state index contributed by atoms with van der Waals surface area (Å²) in [5, 5.41) is 9.78. The van der Waals surface area contributed by atoms with E-state index < -0.39 is 0 Å². The number of anilines is 1. The Morgan fingerprint density at radius 3 is 2.48 bits per heavy atom. The summed E-state index contributed by atoms with van der Waals surface area (Å²) in [5.74, 6) is 0.508. The number of nitrogens with one attached hydrogen (secondary N) is 1. The zero-order chi connectivity index (χ0) is 22.8. The van der Waals surface area contributed by atoms with Gasteiger partial charge in [0.2, 0.25) is 4.80 Å². The van der Waals surface area contributed by atoms with Gasteiger partial charge in [0.15, 0.2) is 6.61 Å². The second-order valence-corrected chi connectivity index (χ2v) is 8.45. The minimum absolute atomic E-state index is 0.0379. The second kappa shape index (κ2) is 8.88. The van der Waals surface area contributed by atoms with Gasteiger partial charge in [-0.2, -0.15) is 5.10 Å². The Labute approximate surface area is 195 Å². The van der Waals surface area contributed by atoms with Crippen LogP contribution in [0.2, 0.25) is 0 Å². The fourth-order valence-electron chi connectivity index (χ4n) is 3.73. The number of benzene rings is 3. The van der Waals surface area contributed by atoms with Crippen molar-refractivity contribution in [3.8, 4) is 28.1 Å². The fraction of sp³-hybridized carbons (Fsp3) is 0.115. The summed E-state index contributed by atoms with van der Waals surface area (Å²) >= 11 is 1.52. The van der Waals surface area contributed by atoms with E-state index in [-0.39, 0.29) is 12.5 Å². The Morgan fingerprint density at radius 1 is 1.00 bits per heavy atom. The van der Waals surface area contributed by atoms with Crippen molar-refractivity contribution in [2.75, 3.05) is 19.0 Å². The summed E-state index contributed by atoms with van der Waals surface area (Å²) in [7, 11) is 1.76. The Hall–Kier alpha value is -3.97. The molecule has 3 aromatic carbocycles. The van der Waals surface area contributed by atoms with E-state index in [4.69, 9.17) is 9.84 Å². The Bertz CT molecular complexity index is 1420. The molecule has 0 radical (unpaired) electrons. The van der Waals surface area contributed by atoms with E-state index in [1.54, 1.807) is 7.05 Å². The number of fused-ring (bicyclic) bond motifs is 1. The standard InChI is InChI=1S/C26H22N4O2S/c1-17(18-8-10-20(11-9-18)19-6-4-3-5-7-19)29-30-23(16-33-26(30)27-2)21-12-13-24-22(14-21)28-25(31)15-32-24/h3-14,16H,15H2,1-2H3,(H,28,31). The number of hydrogen-bond acceptors (Lipinski definition) is 5. The predicted molar refractivity (Wildman–Crippen MR) is 133 cm³/mol. The average molecular weight is 455 g/mol. The number of carbonyl (C=O) groups is 1. The molecule has 33 heavy (non-hydrogen) atoms. The van der Waals surface area contributed by atoms with E-state index in [0.717, 1.165) is 27.3 Å². The molecule has 0 unspecified atom stereocenters. The highest BCUT2D eigenvalue weighted by molar-refractivity contribution is 7.07. The van der Waals surface area contributed by atoms with Crippen LogP contribution in [0.25, 0.3) is 22.4 Å². The largest absolute Gasteiger partial charge is 0.482 e. The first-order valence-corrected chi connectivity index (χ1v) is 11.4. The topological polar surface area (TPSA) is 68.0 Å². The van der Waals surface area contributed by atoms with Crippen molar-refractivity contribution in [3.63, 3.8) is 0 Å². The highest BCUT2D eigenvalue weighted by Gasteiger charge is 2.18. The monoisotopic (exact) mass is 454 g/mol. The smallest absolute Gasteiger partial charge is 0.262 e. The number of ether oxygens (including phenoxy) is 1. The maximum atomic E-state index is 11.7. The van der Waals surface area contributed by atoms with Gasteiger partial charge >= 0.3 is 0 Å². The Balaban J connectivity index is 1.51. The van der Waals surface area contributed by atoms with Crippen molar-refractivity contribution in [1.29, 1.82) is 0 Å². The molecule has 1 N–H and O–H groups in total. The van der Waals surface area contributed by atoms with E-state index in [9.17, 15) is 4.79 Å². The van der Waals surface area contributed by atoms with Crippen molar-refractivity contribution in [1.82, 2.24) is 4.68 Å². The molecule has 6 nitrogen and oxygen atoms in total. The minimum Gasteiger partial charge on any atom is -0.482 e. The van der Waals surface area contributed by atoms with Gasteiger partial charge in [0.25, 0.3) is 5.91 Å². The zero-order valence-electron chi connectivity index (χ0n) is 18.3. The third kappa shape index (κ3) is 4.23. The molecule has 0 atom stereocenters. The van der Waals surface area contributed by atoms with Crippen LogP contribution < -0.4 is 14.9 Å². The summed E-state index contributed by atoms with van der Waals surface area (Å²) in [6, 6.07) is 24.4. The zero-order valence-corrected chi connectivity index (χ0v) is 19.1. The van der Waals surface area contributed by atoms with Gasteiger partial charge in [0, 0.05) is 18.0 Å². The lowest BCUT2D eigenvalue weighted by atomic mass is 10.0. The van der Waals surface area contributed by atoms with Gasteiger partial charge in [-0.25, -0.2) is 4.68 Å². The van der Waals surface area contributed by atoms with E-state index in [0.29, 0.717) is 11.4 Å². The molecule has 1 amide bonds. The van der Waals surface area contributed by atoms with Gasteiger partial charge in [-0.1, -0.05) is 54.6 Å². The van der Waals surface area contributed by atoms with Gasteiger partial charge in [-0.3, -0.25) is 9.79 Å². The number of amides is 1. The molecule has 0 aliphatic carbocycles. The van der Waals surface area contributed by atoms with Crippen LogP contribution in [0, 0.1) is 0 Å². The van der Waals surface area contributed by atoms with Gasteiger partial charge in [-0.05, 0) is 41.8 Å². The van der Waals surface area contributed by atoms with Crippen LogP contribution in [0.3, 0.4) is 0 Å². The highest BCUT2D eigenvalue weighted by Crippen LogP contribution is 2.33. The van der Waals surface area contributed by atoms with E-state index >= 15 is 0 Å². The first-order valence-electron chi connectivity index (χ1n) is 10.5. The molecular formula is C26H22N4O2S. The summed E-state index contributed by atoms with van der Waals surface area (Å²) in [4.78, 5) is 16.9. The Kier molecular flexibility index (Phi) is 5.62. The normalized spacial score (nSPS) is 13.9. The van der Waals surface area contributed by atoms with Crippen LogP contribution in [0.15, 0.2) is 88.3 Å². The molecule has 164 valence electrons. The molecule has 0 saturated carbocycles. The van der Waals surface area contributed by atoms with E-state index in [2.05, 4.69) is 46.7 Å². The summed E-state index contributed by atoms with van der Waals surface area (Å²) in [6.07, 6.45) is 0. The van der Waals surface area contributed by atoms with Crippen LogP contribution in [0.4, 0.5) is 5.69 Å². The number of rotatable bonds is 4. The van der Waals surface area contributed by atoms with Crippen molar-refractivity contribution >= 4 is 28.6 Å². The third-order valence-electron chi connectivity index (χ3n) is 5.44. The molecule has 1 aliphatic rings. The molecular weight excluding hydrogens is 432 g/mol. The van der Waals surface area contributed by atoms with Crippen molar-refractivity contribution < 1.29 is 9.53 Å². The molecule has 0 spiro atoms. The second-order valence-electron chi connectivity index (χ2n) is 7.62. The molecule has 0 fully saturated rings. The van der Waals surface area contributed by atoms with Crippen LogP contribution in [-0.2, 0) is 4.79 Å². The molecule has 1 aromatic heterocycles. The average Bonchev–Trinajstić information content (AvgIpc) is 3.26.